The van der Waals surface area contributed by atoms with E-state index in [4.69, 9.17) is 10.5 Å². The van der Waals surface area contributed by atoms with Gasteiger partial charge in [0.1, 0.15) is 0 Å². The maximum Gasteiger partial charge on any atom is 0.332 e. The smallest absolute Gasteiger partial charge is 0.332 e. The molecule has 1 rings (SSSR count). The van der Waals surface area contributed by atoms with Crippen molar-refractivity contribution < 1.29 is 14.3 Å². The van der Waals surface area contributed by atoms with Crippen LogP contribution in [-0.2, 0) is 14.3 Å². The summed E-state index contributed by atoms with van der Waals surface area (Å²) in [4.78, 5) is 25.1. The van der Waals surface area contributed by atoms with Crippen molar-refractivity contribution in [2.75, 3.05) is 20.2 Å². The Bertz CT molecular complexity index is 305. The zero-order chi connectivity index (χ0) is 13.7. The van der Waals surface area contributed by atoms with Crippen molar-refractivity contribution in [1.29, 1.82) is 0 Å². The molecule has 104 valence electrons. The summed E-state index contributed by atoms with van der Waals surface area (Å²) in [7, 11) is 2.04. The van der Waals surface area contributed by atoms with E-state index in [1.54, 1.807) is 6.92 Å². The minimum atomic E-state index is -1.23. The molecule has 1 aliphatic rings. The van der Waals surface area contributed by atoms with Crippen LogP contribution in [0.2, 0.25) is 0 Å². The zero-order valence-corrected chi connectivity index (χ0v) is 11.3. The molecule has 1 saturated carbocycles. The van der Waals surface area contributed by atoms with Gasteiger partial charge in [-0.05, 0) is 33.7 Å². The lowest BCUT2D eigenvalue weighted by Crippen LogP contribution is -2.50. The van der Waals surface area contributed by atoms with Crippen LogP contribution < -0.4 is 11.1 Å². The van der Waals surface area contributed by atoms with E-state index in [0.717, 1.165) is 0 Å². The van der Waals surface area contributed by atoms with Gasteiger partial charge < -0.3 is 15.8 Å². The third kappa shape index (κ3) is 4.27. The van der Waals surface area contributed by atoms with Gasteiger partial charge in [-0.3, -0.25) is 9.69 Å². The number of nitrogens with one attached hydrogen (secondary N) is 1. The fourth-order valence-electron chi connectivity index (χ4n) is 1.68. The van der Waals surface area contributed by atoms with Gasteiger partial charge in [-0.1, -0.05) is 0 Å². The van der Waals surface area contributed by atoms with Crippen LogP contribution in [-0.4, -0.2) is 55.1 Å². The molecule has 0 bridgehead atoms. The minimum absolute atomic E-state index is 0.223. The molecule has 0 saturated heterocycles. The molecule has 18 heavy (non-hydrogen) atoms. The Hall–Kier alpha value is -1.14. The standard InChI is InChI=1S/C12H23N3O3/c1-4-18-12(17)10(13)11(16)14-7-8(2)15(3)9-5-6-9/h8-10H,4-7,13H2,1-3H3,(H,14,16). The summed E-state index contributed by atoms with van der Waals surface area (Å²) >= 11 is 0. The maximum absolute atomic E-state index is 11.6. The fraction of sp³-hybridized carbons (Fsp3) is 0.833. The molecule has 1 amide bonds. The average molecular weight is 257 g/mol. The number of carbonyl (C=O) groups is 2. The molecule has 6 nitrogen and oxygen atoms in total. The first-order chi connectivity index (χ1) is 8.47. The lowest BCUT2D eigenvalue weighted by molar-refractivity contribution is -0.148. The van der Waals surface area contributed by atoms with Crippen LogP contribution in [0.1, 0.15) is 26.7 Å². The van der Waals surface area contributed by atoms with E-state index in [9.17, 15) is 9.59 Å². The van der Waals surface area contributed by atoms with Crippen molar-refractivity contribution in [3.8, 4) is 0 Å². The highest BCUT2D eigenvalue weighted by Gasteiger charge is 2.30. The van der Waals surface area contributed by atoms with E-state index in [1.165, 1.54) is 12.8 Å². The average Bonchev–Trinajstić information content (AvgIpc) is 3.18. The Kier molecular flexibility index (Phi) is 5.55. The molecule has 0 heterocycles. The lowest BCUT2D eigenvalue weighted by Gasteiger charge is -2.25. The van der Waals surface area contributed by atoms with Gasteiger partial charge >= 0.3 is 5.97 Å². The molecule has 0 aromatic heterocycles. The monoisotopic (exact) mass is 257 g/mol. The molecular weight excluding hydrogens is 234 g/mol. The number of nitrogens with zero attached hydrogens (tertiary/aromatic N) is 1. The molecule has 6 heteroatoms. The van der Waals surface area contributed by atoms with Crippen LogP contribution in [0.3, 0.4) is 0 Å². The first-order valence-electron chi connectivity index (χ1n) is 6.39. The SMILES string of the molecule is CCOC(=O)C(N)C(=O)NCC(C)N(C)C1CC1. The fourth-order valence-corrected chi connectivity index (χ4v) is 1.68. The summed E-state index contributed by atoms with van der Waals surface area (Å²) in [5, 5.41) is 2.68. The van der Waals surface area contributed by atoms with E-state index < -0.39 is 17.9 Å². The first kappa shape index (κ1) is 14.9. The van der Waals surface area contributed by atoms with Gasteiger partial charge in [0.15, 0.2) is 6.04 Å². The molecule has 1 fully saturated rings. The van der Waals surface area contributed by atoms with Gasteiger partial charge in [-0.15, -0.1) is 0 Å². The molecule has 0 spiro atoms. The highest BCUT2D eigenvalue weighted by atomic mass is 16.5. The van der Waals surface area contributed by atoms with E-state index in [2.05, 4.69) is 10.2 Å². The van der Waals surface area contributed by atoms with Gasteiger partial charge in [0.05, 0.1) is 6.61 Å². The van der Waals surface area contributed by atoms with Crippen LogP contribution in [0.5, 0.6) is 0 Å². The van der Waals surface area contributed by atoms with E-state index >= 15 is 0 Å². The number of ether oxygens (including phenoxy) is 1. The van der Waals surface area contributed by atoms with Crippen molar-refractivity contribution in [1.82, 2.24) is 10.2 Å². The van der Waals surface area contributed by atoms with Crippen molar-refractivity contribution in [3.05, 3.63) is 0 Å². The summed E-state index contributed by atoms with van der Waals surface area (Å²) in [6, 6.07) is -0.366. The minimum Gasteiger partial charge on any atom is -0.464 e. The topological polar surface area (TPSA) is 84.7 Å². The number of carbonyl (C=O) groups excluding carboxylic acids is 2. The number of hydrogen-bond donors (Lipinski definition) is 2. The molecule has 2 unspecified atom stereocenters. The van der Waals surface area contributed by atoms with Crippen molar-refractivity contribution in [2.24, 2.45) is 5.73 Å². The summed E-state index contributed by atoms with van der Waals surface area (Å²) in [5.74, 6) is -1.16. The zero-order valence-electron chi connectivity index (χ0n) is 11.3. The van der Waals surface area contributed by atoms with Crippen LogP contribution >= 0.6 is 0 Å². The summed E-state index contributed by atoms with van der Waals surface area (Å²) in [6.45, 7) is 4.42. The van der Waals surface area contributed by atoms with Crippen LogP contribution in [0, 0.1) is 0 Å². The van der Waals surface area contributed by atoms with Gasteiger partial charge in [0.25, 0.3) is 0 Å². The van der Waals surface area contributed by atoms with Gasteiger partial charge in [0, 0.05) is 18.6 Å². The Labute approximate surface area is 108 Å². The van der Waals surface area contributed by atoms with Crippen molar-refractivity contribution in [2.45, 2.75) is 44.8 Å². The number of hydrogen-bond acceptors (Lipinski definition) is 5. The second-order valence-corrected chi connectivity index (χ2v) is 4.72. The highest BCUT2D eigenvalue weighted by Crippen LogP contribution is 2.26. The number of rotatable bonds is 7. The molecule has 1 aliphatic carbocycles. The van der Waals surface area contributed by atoms with Crippen LogP contribution in [0.25, 0.3) is 0 Å². The van der Waals surface area contributed by atoms with Gasteiger partial charge in [-0.25, -0.2) is 4.79 Å². The molecule has 2 atom stereocenters. The quantitative estimate of drug-likeness (QED) is 0.473. The summed E-state index contributed by atoms with van der Waals surface area (Å²) < 4.78 is 4.69. The molecule has 0 aromatic rings. The second-order valence-electron chi connectivity index (χ2n) is 4.72. The Morgan fingerprint density at radius 3 is 2.61 bits per heavy atom. The lowest BCUT2D eigenvalue weighted by atomic mass is 10.2. The number of amides is 1. The normalized spacial score (nSPS) is 18.3. The summed E-state index contributed by atoms with van der Waals surface area (Å²) in [6.07, 6.45) is 2.44. The molecule has 3 N–H and O–H groups in total. The predicted octanol–water partition coefficient (Wildman–Crippen LogP) is -0.524. The first-order valence-corrected chi connectivity index (χ1v) is 6.39. The summed E-state index contributed by atoms with van der Waals surface area (Å²) in [5.41, 5.74) is 5.48. The predicted molar refractivity (Wildman–Crippen MR) is 67.9 cm³/mol. The largest absolute Gasteiger partial charge is 0.464 e. The number of esters is 1. The third-order valence-corrected chi connectivity index (χ3v) is 3.21. The van der Waals surface area contributed by atoms with Crippen LogP contribution in [0.15, 0.2) is 0 Å². The molecule has 0 aliphatic heterocycles. The Morgan fingerprint density at radius 1 is 1.50 bits per heavy atom. The molecule has 0 aromatic carbocycles. The van der Waals surface area contributed by atoms with Gasteiger partial charge in [-0.2, -0.15) is 0 Å². The Balaban J connectivity index is 2.28. The second kappa shape index (κ2) is 6.70. The van der Waals surface area contributed by atoms with E-state index in [1.807, 2.05) is 14.0 Å². The third-order valence-electron chi connectivity index (χ3n) is 3.21. The highest BCUT2D eigenvalue weighted by molar-refractivity contribution is 6.01. The van der Waals surface area contributed by atoms with Crippen molar-refractivity contribution >= 4 is 11.9 Å². The van der Waals surface area contributed by atoms with Gasteiger partial charge in [0.2, 0.25) is 5.91 Å². The number of likely N-dealkylation sites (N-methyl/N-ethyl adjacent to an activating group) is 1. The number of nitrogens with two attached hydrogens (primary N) is 1. The molecule has 0 radical (unpaired) electrons. The van der Waals surface area contributed by atoms with E-state index in [-0.39, 0.29) is 12.6 Å². The van der Waals surface area contributed by atoms with Crippen molar-refractivity contribution in [3.63, 3.8) is 0 Å². The van der Waals surface area contributed by atoms with E-state index in [0.29, 0.717) is 12.6 Å². The Morgan fingerprint density at radius 2 is 2.11 bits per heavy atom. The van der Waals surface area contributed by atoms with Crippen LogP contribution in [0.4, 0.5) is 0 Å². The molecular formula is C12H23N3O3. The maximum atomic E-state index is 11.6.